The Hall–Kier alpha value is -1.45. The van der Waals surface area contributed by atoms with Crippen LogP contribution in [0.25, 0.3) is 0 Å². The molecule has 0 saturated carbocycles. The van der Waals surface area contributed by atoms with E-state index < -0.39 is 0 Å². The Kier molecular flexibility index (Phi) is 5.07. The van der Waals surface area contributed by atoms with Gasteiger partial charge < -0.3 is 15.2 Å². The lowest BCUT2D eigenvalue weighted by molar-refractivity contribution is 0.235. The summed E-state index contributed by atoms with van der Waals surface area (Å²) in [6.45, 7) is 8.62. The van der Waals surface area contributed by atoms with Crippen LogP contribution in [0.15, 0.2) is 24.5 Å². The van der Waals surface area contributed by atoms with Gasteiger partial charge in [-0.1, -0.05) is 20.8 Å². The number of aryl methyl sites for hydroxylation is 1. The molecule has 0 aromatic carbocycles. The van der Waals surface area contributed by atoms with Crippen molar-refractivity contribution in [2.45, 2.75) is 33.7 Å². The summed E-state index contributed by atoms with van der Waals surface area (Å²) in [5, 5.41) is 5.71. The van der Waals surface area contributed by atoms with E-state index in [1.807, 2.05) is 24.5 Å². The Balaban J connectivity index is 2.04. The molecule has 0 bridgehead atoms. The highest BCUT2D eigenvalue weighted by Crippen LogP contribution is 2.09. The summed E-state index contributed by atoms with van der Waals surface area (Å²) < 4.78 is 2.11. The van der Waals surface area contributed by atoms with Crippen molar-refractivity contribution >= 4 is 6.03 Å². The minimum atomic E-state index is -0.0765. The predicted molar refractivity (Wildman–Crippen MR) is 69.9 cm³/mol. The van der Waals surface area contributed by atoms with Crippen LogP contribution in [-0.4, -0.2) is 23.7 Å². The maximum absolute atomic E-state index is 11.4. The average molecular weight is 237 g/mol. The van der Waals surface area contributed by atoms with Crippen molar-refractivity contribution < 1.29 is 4.79 Å². The van der Waals surface area contributed by atoms with Crippen molar-refractivity contribution in [2.24, 2.45) is 5.41 Å². The minimum absolute atomic E-state index is 0.0765. The third-order valence-corrected chi connectivity index (χ3v) is 2.32. The summed E-state index contributed by atoms with van der Waals surface area (Å²) in [7, 11) is 0. The lowest BCUT2D eigenvalue weighted by Crippen LogP contribution is -2.40. The van der Waals surface area contributed by atoms with Gasteiger partial charge >= 0.3 is 6.03 Å². The van der Waals surface area contributed by atoms with Gasteiger partial charge in [-0.2, -0.15) is 0 Å². The number of hydrogen-bond acceptors (Lipinski definition) is 1. The Morgan fingerprint density at radius 2 is 1.82 bits per heavy atom. The van der Waals surface area contributed by atoms with Crippen LogP contribution in [0, 0.1) is 5.41 Å². The SMILES string of the molecule is CC(C)(C)CNC(=O)NCCCn1cccc1. The molecule has 0 saturated heterocycles. The summed E-state index contributed by atoms with van der Waals surface area (Å²) in [5.74, 6) is 0. The van der Waals surface area contributed by atoms with Crippen LogP contribution in [0.5, 0.6) is 0 Å². The van der Waals surface area contributed by atoms with E-state index in [-0.39, 0.29) is 11.4 Å². The zero-order valence-corrected chi connectivity index (χ0v) is 11.0. The zero-order chi connectivity index (χ0) is 12.7. The van der Waals surface area contributed by atoms with Crippen LogP contribution >= 0.6 is 0 Å². The predicted octanol–water partition coefficient (Wildman–Crippen LogP) is 2.22. The molecule has 17 heavy (non-hydrogen) atoms. The Morgan fingerprint density at radius 3 is 2.41 bits per heavy atom. The molecule has 4 nitrogen and oxygen atoms in total. The number of nitrogens with zero attached hydrogens (tertiary/aromatic N) is 1. The van der Waals surface area contributed by atoms with E-state index in [2.05, 4.69) is 36.0 Å². The van der Waals surface area contributed by atoms with E-state index in [4.69, 9.17) is 0 Å². The highest BCUT2D eigenvalue weighted by molar-refractivity contribution is 5.73. The molecule has 0 fully saturated rings. The van der Waals surface area contributed by atoms with Crippen LogP contribution in [0.1, 0.15) is 27.2 Å². The first-order valence-electron chi connectivity index (χ1n) is 6.10. The van der Waals surface area contributed by atoms with E-state index in [1.165, 1.54) is 0 Å². The third kappa shape index (κ3) is 6.66. The molecule has 0 atom stereocenters. The molecule has 2 N–H and O–H groups in total. The fourth-order valence-electron chi connectivity index (χ4n) is 1.39. The monoisotopic (exact) mass is 237 g/mol. The Labute approximate surface area is 103 Å². The van der Waals surface area contributed by atoms with Crippen molar-refractivity contribution in [2.75, 3.05) is 13.1 Å². The lowest BCUT2D eigenvalue weighted by Gasteiger charge is -2.18. The van der Waals surface area contributed by atoms with E-state index in [1.54, 1.807) is 0 Å². The first-order chi connectivity index (χ1) is 7.97. The maximum Gasteiger partial charge on any atom is 0.314 e. The lowest BCUT2D eigenvalue weighted by atomic mass is 9.97. The summed E-state index contributed by atoms with van der Waals surface area (Å²) in [5.41, 5.74) is 0.127. The van der Waals surface area contributed by atoms with Crippen LogP contribution in [-0.2, 0) is 6.54 Å². The van der Waals surface area contributed by atoms with Crippen molar-refractivity contribution in [3.8, 4) is 0 Å². The second kappa shape index (κ2) is 6.33. The summed E-state index contributed by atoms with van der Waals surface area (Å²) in [6.07, 6.45) is 5.00. The number of carbonyl (C=O) groups is 1. The highest BCUT2D eigenvalue weighted by atomic mass is 16.2. The molecule has 0 aliphatic rings. The van der Waals surface area contributed by atoms with Crippen molar-refractivity contribution in [1.29, 1.82) is 0 Å². The van der Waals surface area contributed by atoms with Gasteiger partial charge in [0.25, 0.3) is 0 Å². The molecule has 0 aliphatic heterocycles. The number of carbonyl (C=O) groups excluding carboxylic acids is 1. The number of aromatic nitrogens is 1. The standard InChI is InChI=1S/C13H23N3O/c1-13(2,3)11-15-12(17)14-7-6-10-16-8-4-5-9-16/h4-5,8-9H,6-7,10-11H2,1-3H3,(H2,14,15,17). The topological polar surface area (TPSA) is 46.1 Å². The quantitative estimate of drug-likeness (QED) is 0.758. The van der Waals surface area contributed by atoms with Crippen LogP contribution < -0.4 is 10.6 Å². The molecule has 96 valence electrons. The highest BCUT2D eigenvalue weighted by Gasteiger charge is 2.11. The zero-order valence-electron chi connectivity index (χ0n) is 11.0. The van der Waals surface area contributed by atoms with Gasteiger partial charge in [0.05, 0.1) is 0 Å². The first kappa shape index (κ1) is 13.6. The summed E-state index contributed by atoms with van der Waals surface area (Å²) >= 11 is 0. The van der Waals surface area contributed by atoms with Crippen LogP contribution in [0.4, 0.5) is 4.79 Å². The third-order valence-electron chi connectivity index (χ3n) is 2.32. The van der Waals surface area contributed by atoms with E-state index in [0.717, 1.165) is 13.0 Å². The van der Waals surface area contributed by atoms with Crippen molar-refractivity contribution in [3.63, 3.8) is 0 Å². The minimum Gasteiger partial charge on any atom is -0.354 e. The van der Waals surface area contributed by atoms with E-state index in [0.29, 0.717) is 13.1 Å². The molecule has 0 aliphatic carbocycles. The Bertz CT molecular complexity index is 325. The molecule has 4 heteroatoms. The molecule has 1 rings (SSSR count). The van der Waals surface area contributed by atoms with E-state index >= 15 is 0 Å². The van der Waals surface area contributed by atoms with E-state index in [9.17, 15) is 4.79 Å². The number of amides is 2. The fourth-order valence-corrected chi connectivity index (χ4v) is 1.39. The molecule has 0 radical (unpaired) electrons. The molecular weight excluding hydrogens is 214 g/mol. The Morgan fingerprint density at radius 1 is 1.18 bits per heavy atom. The summed E-state index contributed by atoms with van der Waals surface area (Å²) in [4.78, 5) is 11.4. The number of urea groups is 1. The summed E-state index contributed by atoms with van der Waals surface area (Å²) in [6, 6.07) is 3.93. The second-order valence-corrected chi connectivity index (χ2v) is 5.44. The van der Waals surface area contributed by atoms with Gasteiger partial charge in [-0.05, 0) is 24.0 Å². The smallest absolute Gasteiger partial charge is 0.314 e. The van der Waals surface area contributed by atoms with Crippen molar-refractivity contribution in [3.05, 3.63) is 24.5 Å². The molecular formula is C13H23N3O. The van der Waals surface area contributed by atoms with Gasteiger partial charge in [0.2, 0.25) is 0 Å². The van der Waals surface area contributed by atoms with Gasteiger partial charge in [0.1, 0.15) is 0 Å². The normalized spacial score (nSPS) is 11.2. The molecule has 1 aromatic rings. The van der Waals surface area contributed by atoms with Gasteiger partial charge in [0, 0.05) is 32.0 Å². The largest absolute Gasteiger partial charge is 0.354 e. The molecule has 1 aromatic heterocycles. The number of hydrogen-bond donors (Lipinski definition) is 2. The van der Waals surface area contributed by atoms with Gasteiger partial charge in [0.15, 0.2) is 0 Å². The molecule has 1 heterocycles. The van der Waals surface area contributed by atoms with Gasteiger partial charge in [-0.3, -0.25) is 0 Å². The van der Waals surface area contributed by atoms with Crippen LogP contribution in [0.2, 0.25) is 0 Å². The number of nitrogens with one attached hydrogen (secondary N) is 2. The first-order valence-corrected chi connectivity index (χ1v) is 6.10. The van der Waals surface area contributed by atoms with Gasteiger partial charge in [-0.25, -0.2) is 4.79 Å². The molecule has 0 unspecified atom stereocenters. The average Bonchev–Trinajstić information content (AvgIpc) is 2.73. The number of rotatable bonds is 5. The molecule has 2 amide bonds. The maximum atomic E-state index is 11.4. The fraction of sp³-hybridized carbons (Fsp3) is 0.615. The molecule has 0 spiro atoms. The second-order valence-electron chi connectivity index (χ2n) is 5.44. The van der Waals surface area contributed by atoms with Gasteiger partial charge in [-0.15, -0.1) is 0 Å². The van der Waals surface area contributed by atoms with Crippen LogP contribution in [0.3, 0.4) is 0 Å². The van der Waals surface area contributed by atoms with Crippen molar-refractivity contribution in [1.82, 2.24) is 15.2 Å².